The zero-order chi connectivity index (χ0) is 19.2. The van der Waals surface area contributed by atoms with Gasteiger partial charge in [-0.3, -0.25) is 14.9 Å². The summed E-state index contributed by atoms with van der Waals surface area (Å²) in [5, 5.41) is 13.6. The van der Waals surface area contributed by atoms with Gasteiger partial charge >= 0.3 is 0 Å². The van der Waals surface area contributed by atoms with Gasteiger partial charge in [0.15, 0.2) is 0 Å². The van der Waals surface area contributed by atoms with E-state index in [1.165, 1.54) is 42.3 Å². The number of nitro groups is 1. The fourth-order valence-corrected chi connectivity index (χ4v) is 3.50. The Bertz CT molecular complexity index is 818. The molecule has 142 valence electrons. The van der Waals surface area contributed by atoms with Crippen LogP contribution in [0.25, 0.3) is 0 Å². The van der Waals surface area contributed by atoms with Gasteiger partial charge in [-0.1, -0.05) is 23.7 Å². The van der Waals surface area contributed by atoms with Crippen LogP contribution in [0.4, 0.5) is 11.4 Å². The van der Waals surface area contributed by atoms with E-state index in [2.05, 4.69) is 34.5 Å². The smallest absolute Gasteiger partial charge is 0.270 e. The maximum Gasteiger partial charge on any atom is 0.270 e. The van der Waals surface area contributed by atoms with Crippen LogP contribution in [0.2, 0.25) is 5.02 Å². The van der Waals surface area contributed by atoms with Crippen LogP contribution in [0.15, 0.2) is 42.5 Å². The van der Waals surface area contributed by atoms with Crippen molar-refractivity contribution < 1.29 is 9.72 Å². The minimum atomic E-state index is -0.539. The van der Waals surface area contributed by atoms with Crippen molar-refractivity contribution in [3.63, 3.8) is 0 Å². The number of carbonyl (C=O) groups is 1. The standard InChI is InChI=1S/C20H22ClN3O3/c21-19-14-17(24(26)27)9-10-18(19)20(25)22-11-3-4-15-5-7-16(8-6-15)23-12-1-2-13-23/h5-10,14H,1-4,11-13H2,(H,22,25). The van der Waals surface area contributed by atoms with E-state index in [4.69, 9.17) is 11.6 Å². The number of amides is 1. The molecule has 0 radical (unpaired) electrons. The zero-order valence-electron chi connectivity index (χ0n) is 15.0. The number of nitrogens with zero attached hydrogens (tertiary/aromatic N) is 2. The lowest BCUT2D eigenvalue weighted by atomic mass is 10.1. The number of rotatable bonds is 7. The van der Waals surface area contributed by atoms with Crippen LogP contribution in [-0.2, 0) is 6.42 Å². The molecule has 0 spiro atoms. The van der Waals surface area contributed by atoms with Gasteiger partial charge in [-0.05, 0) is 49.4 Å². The number of hydrogen-bond acceptors (Lipinski definition) is 4. The number of anilines is 1. The topological polar surface area (TPSA) is 75.5 Å². The average molecular weight is 388 g/mol. The van der Waals surface area contributed by atoms with Crippen molar-refractivity contribution in [2.45, 2.75) is 25.7 Å². The average Bonchev–Trinajstić information content (AvgIpc) is 3.20. The maximum atomic E-state index is 12.2. The third-order valence-corrected chi connectivity index (χ3v) is 5.06. The molecule has 0 aromatic heterocycles. The molecule has 1 amide bonds. The summed E-state index contributed by atoms with van der Waals surface area (Å²) in [7, 11) is 0. The Morgan fingerprint density at radius 2 is 1.85 bits per heavy atom. The molecule has 2 aromatic carbocycles. The van der Waals surface area contributed by atoms with Crippen molar-refractivity contribution in [1.82, 2.24) is 5.32 Å². The van der Waals surface area contributed by atoms with Gasteiger partial charge < -0.3 is 10.2 Å². The summed E-state index contributed by atoms with van der Waals surface area (Å²) in [5.41, 5.74) is 2.63. The van der Waals surface area contributed by atoms with Crippen LogP contribution in [-0.4, -0.2) is 30.5 Å². The molecule has 1 heterocycles. The van der Waals surface area contributed by atoms with E-state index in [1.54, 1.807) is 0 Å². The van der Waals surface area contributed by atoms with Gasteiger partial charge in [0, 0.05) is 37.5 Å². The predicted molar refractivity (Wildman–Crippen MR) is 107 cm³/mol. The largest absolute Gasteiger partial charge is 0.372 e. The lowest BCUT2D eigenvalue weighted by Gasteiger charge is -2.17. The first-order valence-electron chi connectivity index (χ1n) is 9.10. The highest BCUT2D eigenvalue weighted by Crippen LogP contribution is 2.23. The molecule has 1 aliphatic rings. The highest BCUT2D eigenvalue weighted by atomic mass is 35.5. The summed E-state index contributed by atoms with van der Waals surface area (Å²) in [6.45, 7) is 2.78. The molecule has 0 aliphatic carbocycles. The molecule has 3 rings (SSSR count). The third kappa shape index (κ3) is 4.98. The molecule has 0 bridgehead atoms. The van der Waals surface area contributed by atoms with Gasteiger partial charge in [-0.15, -0.1) is 0 Å². The predicted octanol–water partition coefficient (Wildman–Crippen LogP) is 4.21. The van der Waals surface area contributed by atoms with Gasteiger partial charge in [0.2, 0.25) is 0 Å². The summed E-state index contributed by atoms with van der Waals surface area (Å²) in [5.74, 6) is -0.320. The van der Waals surface area contributed by atoms with Crippen molar-refractivity contribution in [2.24, 2.45) is 0 Å². The molecule has 7 heteroatoms. The van der Waals surface area contributed by atoms with E-state index in [0.29, 0.717) is 6.54 Å². The molecule has 1 saturated heterocycles. The molecule has 27 heavy (non-hydrogen) atoms. The van der Waals surface area contributed by atoms with Gasteiger partial charge in [-0.25, -0.2) is 0 Å². The Morgan fingerprint density at radius 1 is 1.15 bits per heavy atom. The molecule has 1 fully saturated rings. The van der Waals surface area contributed by atoms with Crippen LogP contribution in [0.5, 0.6) is 0 Å². The Hall–Kier alpha value is -2.60. The molecule has 2 aromatic rings. The maximum absolute atomic E-state index is 12.2. The summed E-state index contributed by atoms with van der Waals surface area (Å²) in [6, 6.07) is 12.5. The van der Waals surface area contributed by atoms with E-state index < -0.39 is 4.92 Å². The van der Waals surface area contributed by atoms with E-state index in [9.17, 15) is 14.9 Å². The Kier molecular flexibility index (Phi) is 6.29. The van der Waals surface area contributed by atoms with Crippen molar-refractivity contribution in [3.05, 3.63) is 68.7 Å². The SMILES string of the molecule is O=C(NCCCc1ccc(N2CCCC2)cc1)c1ccc([N+](=O)[O-])cc1Cl. The number of halogens is 1. The van der Waals surface area contributed by atoms with Crippen molar-refractivity contribution in [1.29, 1.82) is 0 Å². The van der Waals surface area contributed by atoms with E-state index in [-0.39, 0.29) is 22.2 Å². The van der Waals surface area contributed by atoms with Gasteiger partial charge in [0.25, 0.3) is 11.6 Å². The monoisotopic (exact) mass is 387 g/mol. The van der Waals surface area contributed by atoms with Gasteiger partial charge in [0.05, 0.1) is 15.5 Å². The van der Waals surface area contributed by atoms with E-state index in [0.717, 1.165) is 25.9 Å². The van der Waals surface area contributed by atoms with Crippen LogP contribution < -0.4 is 10.2 Å². The first kappa shape index (κ1) is 19.2. The Morgan fingerprint density at radius 3 is 2.48 bits per heavy atom. The third-order valence-electron chi connectivity index (χ3n) is 4.74. The first-order valence-corrected chi connectivity index (χ1v) is 9.48. The molecule has 0 saturated carbocycles. The fourth-order valence-electron chi connectivity index (χ4n) is 3.24. The summed E-state index contributed by atoms with van der Waals surface area (Å²) < 4.78 is 0. The minimum absolute atomic E-state index is 0.0826. The molecular weight excluding hydrogens is 366 g/mol. The number of carbonyl (C=O) groups excluding carboxylic acids is 1. The molecule has 1 aliphatic heterocycles. The summed E-state index contributed by atoms with van der Waals surface area (Å²) in [6.07, 6.45) is 4.20. The van der Waals surface area contributed by atoms with Crippen LogP contribution >= 0.6 is 11.6 Å². The lowest BCUT2D eigenvalue weighted by molar-refractivity contribution is -0.384. The quantitative estimate of drug-likeness (QED) is 0.438. The van der Waals surface area contributed by atoms with Crippen LogP contribution in [0.3, 0.4) is 0 Å². The van der Waals surface area contributed by atoms with Crippen molar-refractivity contribution in [3.8, 4) is 0 Å². The van der Waals surface area contributed by atoms with Gasteiger partial charge in [-0.2, -0.15) is 0 Å². The fraction of sp³-hybridized carbons (Fsp3) is 0.350. The summed E-state index contributed by atoms with van der Waals surface area (Å²) in [4.78, 5) is 24.8. The molecule has 1 N–H and O–H groups in total. The Labute approximate surface area is 163 Å². The van der Waals surface area contributed by atoms with Crippen molar-refractivity contribution >= 4 is 28.9 Å². The minimum Gasteiger partial charge on any atom is -0.372 e. The second kappa shape index (κ2) is 8.86. The van der Waals surface area contributed by atoms with E-state index >= 15 is 0 Å². The zero-order valence-corrected chi connectivity index (χ0v) is 15.7. The number of nitrogens with one attached hydrogen (secondary N) is 1. The number of benzene rings is 2. The van der Waals surface area contributed by atoms with Crippen LogP contribution in [0, 0.1) is 10.1 Å². The molecule has 0 unspecified atom stereocenters. The molecular formula is C20H22ClN3O3. The number of aryl methyl sites for hydroxylation is 1. The lowest BCUT2D eigenvalue weighted by Crippen LogP contribution is -2.25. The summed E-state index contributed by atoms with van der Waals surface area (Å²) >= 11 is 5.98. The first-order chi connectivity index (χ1) is 13.0. The highest BCUT2D eigenvalue weighted by Gasteiger charge is 2.15. The molecule has 0 atom stereocenters. The number of hydrogen-bond donors (Lipinski definition) is 1. The second-order valence-corrected chi connectivity index (χ2v) is 7.05. The normalized spacial score (nSPS) is 13.6. The number of nitro benzene ring substituents is 1. The number of non-ortho nitro benzene ring substituents is 1. The highest BCUT2D eigenvalue weighted by molar-refractivity contribution is 6.34. The van der Waals surface area contributed by atoms with Crippen LogP contribution in [0.1, 0.15) is 35.2 Å². The van der Waals surface area contributed by atoms with E-state index in [1.807, 2.05) is 0 Å². The Balaban J connectivity index is 1.45. The molecule has 6 nitrogen and oxygen atoms in total. The van der Waals surface area contributed by atoms with Crippen molar-refractivity contribution in [2.75, 3.05) is 24.5 Å². The second-order valence-electron chi connectivity index (χ2n) is 6.64. The van der Waals surface area contributed by atoms with Gasteiger partial charge in [0.1, 0.15) is 0 Å².